The Kier molecular flexibility index (Phi) is 5.55. The Morgan fingerprint density at radius 3 is 2.65 bits per heavy atom. The molecule has 31 heavy (non-hydrogen) atoms. The van der Waals surface area contributed by atoms with Crippen molar-refractivity contribution >= 4 is 17.5 Å². The third-order valence-electron chi connectivity index (χ3n) is 9.04. The van der Waals surface area contributed by atoms with Crippen LogP contribution in [0, 0.1) is 28.6 Å². The number of hydrogen-bond acceptors (Lipinski definition) is 7. The lowest BCUT2D eigenvalue weighted by Crippen LogP contribution is -2.62. The summed E-state index contributed by atoms with van der Waals surface area (Å²) < 4.78 is 0. The van der Waals surface area contributed by atoms with Crippen LogP contribution in [0.3, 0.4) is 0 Å². The first-order valence-corrected chi connectivity index (χ1v) is 11.2. The number of carbonyl (C=O) groups excluding carboxylic acids is 1. The Bertz CT molecular complexity index is 838. The number of fused-ring (bicyclic) bond motifs is 5. The number of aliphatic hydroxyl groups is 3. The van der Waals surface area contributed by atoms with Gasteiger partial charge in [-0.25, -0.2) is 4.79 Å². The first kappa shape index (κ1) is 22.4. The summed E-state index contributed by atoms with van der Waals surface area (Å²) in [4.78, 5) is 28.0. The number of ketones is 1. The van der Waals surface area contributed by atoms with Gasteiger partial charge in [0.2, 0.25) is 6.61 Å². The average molecular weight is 436 g/mol. The molecule has 0 bridgehead atoms. The summed E-state index contributed by atoms with van der Waals surface area (Å²) in [6.45, 7) is 2.95. The first-order valence-electron chi connectivity index (χ1n) is 11.2. The molecule has 4 rings (SSSR count). The molecule has 8 heteroatoms. The molecular formula is C23H33NO7. The van der Waals surface area contributed by atoms with Gasteiger partial charge in [0.05, 0.1) is 11.8 Å². The van der Waals surface area contributed by atoms with Gasteiger partial charge in [-0.3, -0.25) is 4.79 Å². The van der Waals surface area contributed by atoms with E-state index >= 15 is 0 Å². The number of carbonyl (C=O) groups is 2. The van der Waals surface area contributed by atoms with Gasteiger partial charge < -0.3 is 25.3 Å². The molecule has 0 unspecified atom stereocenters. The van der Waals surface area contributed by atoms with Crippen molar-refractivity contribution < 1.29 is 34.9 Å². The topological polar surface area (TPSA) is 137 Å². The molecule has 3 fully saturated rings. The van der Waals surface area contributed by atoms with Gasteiger partial charge in [0.25, 0.3) is 0 Å². The molecule has 0 amide bonds. The highest BCUT2D eigenvalue weighted by Crippen LogP contribution is 2.67. The predicted octanol–water partition coefficient (Wildman–Crippen LogP) is 1.67. The third-order valence-corrected chi connectivity index (χ3v) is 9.04. The molecule has 0 radical (unpaired) electrons. The highest BCUT2D eigenvalue weighted by molar-refractivity contribution is 5.96. The van der Waals surface area contributed by atoms with E-state index in [2.05, 4.69) is 12.1 Å². The van der Waals surface area contributed by atoms with Crippen LogP contribution in [0.25, 0.3) is 0 Å². The van der Waals surface area contributed by atoms with E-state index in [0.717, 1.165) is 31.4 Å². The molecule has 0 aromatic rings. The van der Waals surface area contributed by atoms with E-state index in [1.165, 1.54) is 5.57 Å². The smallest absolute Gasteiger partial charge is 0.344 e. The monoisotopic (exact) mass is 435 g/mol. The van der Waals surface area contributed by atoms with Gasteiger partial charge in [-0.15, -0.1) is 0 Å². The highest BCUT2D eigenvalue weighted by Gasteiger charge is 2.68. The van der Waals surface area contributed by atoms with Crippen LogP contribution in [-0.2, 0) is 14.4 Å². The number of oxime groups is 1. The Balaban J connectivity index is 1.62. The number of carboxylic acid groups (broad SMARTS) is 1. The van der Waals surface area contributed by atoms with E-state index in [4.69, 9.17) is 9.94 Å². The van der Waals surface area contributed by atoms with Crippen molar-refractivity contribution in [2.45, 2.75) is 70.5 Å². The number of hydrogen-bond donors (Lipinski definition) is 4. The summed E-state index contributed by atoms with van der Waals surface area (Å²) in [5.41, 5.74) is -0.594. The van der Waals surface area contributed by atoms with Crippen molar-refractivity contribution in [3.05, 3.63) is 11.6 Å². The molecule has 4 aliphatic carbocycles. The van der Waals surface area contributed by atoms with Gasteiger partial charge in [0.1, 0.15) is 12.2 Å². The number of rotatable bonds is 5. The molecule has 0 spiro atoms. The van der Waals surface area contributed by atoms with Gasteiger partial charge in [-0.05, 0) is 74.2 Å². The van der Waals surface area contributed by atoms with Crippen LogP contribution in [0.15, 0.2) is 16.8 Å². The van der Waals surface area contributed by atoms with Crippen molar-refractivity contribution in [1.29, 1.82) is 0 Å². The zero-order valence-corrected chi connectivity index (χ0v) is 18.2. The van der Waals surface area contributed by atoms with Crippen LogP contribution in [0.4, 0.5) is 0 Å². The standard InChI is InChI=1S/C23H33NO7/c1-21-7-5-14(24-31-12-19(28)29)9-13(21)3-4-15-16-6-8-23(30,18(27)11-25)22(16,2)10-17(26)20(15)21/h9,15-17,20,25-26,30H,3-8,10-12H2,1-2H3,(H,28,29)/b24-14+/t15-,16-,17+,20+,21-,22-,23-/m0/s1. The number of Topliss-reactive ketones (excluding diaryl/α,β-unsaturated/α-hetero) is 1. The number of carboxylic acids is 1. The summed E-state index contributed by atoms with van der Waals surface area (Å²) in [6, 6.07) is 0. The third kappa shape index (κ3) is 3.26. The lowest BCUT2D eigenvalue weighted by molar-refractivity contribution is -0.181. The molecule has 8 nitrogen and oxygen atoms in total. The molecule has 0 heterocycles. The summed E-state index contributed by atoms with van der Waals surface area (Å²) in [6.07, 6.45) is 5.86. The minimum atomic E-state index is -1.58. The summed E-state index contributed by atoms with van der Waals surface area (Å²) >= 11 is 0. The Morgan fingerprint density at radius 1 is 1.23 bits per heavy atom. The summed E-state index contributed by atoms with van der Waals surface area (Å²) in [5, 5.41) is 44.8. The van der Waals surface area contributed by atoms with Crippen LogP contribution < -0.4 is 0 Å². The van der Waals surface area contributed by atoms with Gasteiger partial charge in [-0.2, -0.15) is 0 Å². The predicted molar refractivity (Wildman–Crippen MR) is 111 cm³/mol. The molecule has 0 aromatic carbocycles. The number of aliphatic carboxylic acids is 1. The van der Waals surface area contributed by atoms with Gasteiger partial charge >= 0.3 is 5.97 Å². The molecule has 0 aromatic heterocycles. The Hall–Kier alpha value is -1.77. The lowest BCUT2D eigenvalue weighted by atomic mass is 9.45. The zero-order valence-electron chi connectivity index (χ0n) is 18.2. The highest BCUT2D eigenvalue weighted by atomic mass is 16.6. The number of aliphatic hydroxyl groups excluding tert-OH is 2. The maximum absolute atomic E-state index is 12.5. The molecule has 7 atom stereocenters. The number of nitrogens with zero attached hydrogens (tertiary/aromatic N) is 1. The fourth-order valence-corrected chi connectivity index (χ4v) is 7.54. The fourth-order valence-electron chi connectivity index (χ4n) is 7.54. The van der Waals surface area contributed by atoms with Crippen LogP contribution in [0.5, 0.6) is 0 Å². The van der Waals surface area contributed by atoms with E-state index < -0.39 is 42.1 Å². The largest absolute Gasteiger partial charge is 0.479 e. The second-order valence-electron chi connectivity index (χ2n) is 10.3. The lowest BCUT2D eigenvalue weighted by Gasteiger charge is -2.60. The second-order valence-corrected chi connectivity index (χ2v) is 10.3. The Morgan fingerprint density at radius 2 is 1.97 bits per heavy atom. The van der Waals surface area contributed by atoms with Crippen molar-refractivity contribution in [2.75, 3.05) is 13.2 Å². The van der Waals surface area contributed by atoms with Gasteiger partial charge in [0.15, 0.2) is 5.78 Å². The van der Waals surface area contributed by atoms with E-state index in [1.54, 1.807) is 0 Å². The normalized spacial score (nSPS) is 45.3. The average Bonchev–Trinajstić information content (AvgIpc) is 2.98. The molecule has 3 saturated carbocycles. The molecule has 4 aliphatic rings. The van der Waals surface area contributed by atoms with Gasteiger partial charge in [-0.1, -0.05) is 24.6 Å². The quantitative estimate of drug-likeness (QED) is 0.482. The molecule has 0 saturated heterocycles. The first-order chi connectivity index (χ1) is 14.6. The second kappa shape index (κ2) is 7.67. The zero-order chi connectivity index (χ0) is 22.6. The van der Waals surface area contributed by atoms with Crippen molar-refractivity contribution in [3.8, 4) is 0 Å². The minimum Gasteiger partial charge on any atom is -0.479 e. The van der Waals surface area contributed by atoms with E-state index in [0.29, 0.717) is 19.3 Å². The van der Waals surface area contributed by atoms with E-state index in [-0.39, 0.29) is 23.2 Å². The Labute approximate surface area is 182 Å². The van der Waals surface area contributed by atoms with Crippen molar-refractivity contribution in [3.63, 3.8) is 0 Å². The SMILES string of the molecule is C[C@]12CC/C(=N\OCC(=O)O)C=C1CC[C@@H]1[C@@H]2[C@H](O)C[C@@]2(C)[C@H]1CC[C@]2(O)C(=O)CO. The van der Waals surface area contributed by atoms with E-state index in [1.807, 2.05) is 13.0 Å². The molecule has 4 N–H and O–H groups in total. The summed E-state index contributed by atoms with van der Waals surface area (Å²) in [5.74, 6) is -1.26. The van der Waals surface area contributed by atoms with Crippen LogP contribution >= 0.6 is 0 Å². The van der Waals surface area contributed by atoms with Crippen LogP contribution in [-0.4, -0.2) is 62.8 Å². The van der Waals surface area contributed by atoms with Crippen LogP contribution in [0.2, 0.25) is 0 Å². The van der Waals surface area contributed by atoms with Gasteiger partial charge in [0, 0.05) is 5.41 Å². The molecular weight excluding hydrogens is 402 g/mol. The van der Waals surface area contributed by atoms with Crippen LogP contribution in [0.1, 0.15) is 58.8 Å². The number of allylic oxidation sites excluding steroid dienone is 2. The fraction of sp³-hybridized carbons (Fsp3) is 0.783. The maximum atomic E-state index is 12.5. The maximum Gasteiger partial charge on any atom is 0.344 e. The molecule has 0 aliphatic heterocycles. The van der Waals surface area contributed by atoms with Crippen molar-refractivity contribution in [2.24, 2.45) is 33.7 Å². The summed E-state index contributed by atoms with van der Waals surface area (Å²) in [7, 11) is 0. The van der Waals surface area contributed by atoms with Crippen molar-refractivity contribution in [1.82, 2.24) is 0 Å². The minimum absolute atomic E-state index is 0.0265. The van der Waals surface area contributed by atoms with E-state index in [9.17, 15) is 24.9 Å². The molecule has 172 valence electrons.